The molecule has 0 aromatic carbocycles. The minimum atomic E-state index is -4.63. The smallest absolute Gasteiger partial charge is 0.448 e. The lowest BCUT2D eigenvalue weighted by Gasteiger charge is -2.02. The highest BCUT2D eigenvalue weighted by atomic mass is 19.4. The number of aliphatic hydroxyl groups excluding tert-OH is 1. The molecule has 64 valence electrons. The Bertz CT molecular complexity index is 184. The Hall–Kier alpha value is -0.930. The van der Waals surface area contributed by atoms with Gasteiger partial charge in [-0.2, -0.15) is 13.2 Å². The summed E-state index contributed by atoms with van der Waals surface area (Å²) in [4.78, 5) is 0. The topological polar surface area (TPSA) is 20.2 Å². The molecule has 11 heavy (non-hydrogen) atoms. The van der Waals surface area contributed by atoms with Crippen molar-refractivity contribution in [3.05, 3.63) is 23.5 Å². The highest BCUT2D eigenvalue weighted by Gasteiger charge is 2.32. The van der Waals surface area contributed by atoms with E-state index in [4.69, 9.17) is 5.11 Å². The van der Waals surface area contributed by atoms with E-state index < -0.39 is 11.9 Å². The van der Waals surface area contributed by atoms with E-state index in [1.165, 1.54) is 6.08 Å². The van der Waals surface area contributed by atoms with Gasteiger partial charge < -0.3 is 5.11 Å². The van der Waals surface area contributed by atoms with Gasteiger partial charge in [-0.05, 0) is 19.9 Å². The molecule has 0 amide bonds. The Morgan fingerprint density at radius 3 is 1.91 bits per heavy atom. The van der Waals surface area contributed by atoms with Gasteiger partial charge >= 0.3 is 6.18 Å². The van der Waals surface area contributed by atoms with Crippen LogP contribution < -0.4 is 0 Å². The number of allylic oxidation sites excluding steroid dienone is 4. The zero-order valence-corrected chi connectivity index (χ0v) is 6.24. The molecule has 0 saturated carbocycles. The van der Waals surface area contributed by atoms with E-state index in [0.29, 0.717) is 11.6 Å². The van der Waals surface area contributed by atoms with Gasteiger partial charge in [0, 0.05) is 0 Å². The quantitative estimate of drug-likeness (QED) is 0.469. The first-order chi connectivity index (χ1) is 4.84. The van der Waals surface area contributed by atoms with Gasteiger partial charge in [-0.3, -0.25) is 0 Å². The molecular weight excluding hydrogens is 157 g/mol. The lowest BCUT2D eigenvalue weighted by molar-refractivity contribution is -0.120. The van der Waals surface area contributed by atoms with Crippen molar-refractivity contribution in [2.45, 2.75) is 20.0 Å². The maximum Gasteiger partial charge on any atom is 0.448 e. The van der Waals surface area contributed by atoms with Crippen LogP contribution in [0.15, 0.2) is 23.5 Å². The Kier molecular flexibility index (Phi) is 3.17. The summed E-state index contributed by atoms with van der Waals surface area (Å²) < 4.78 is 34.7. The summed E-state index contributed by atoms with van der Waals surface area (Å²) in [5.74, 6) is -1.57. The first-order valence-corrected chi connectivity index (χ1v) is 2.95. The maximum atomic E-state index is 11.6. The molecule has 0 unspecified atom stereocenters. The van der Waals surface area contributed by atoms with Crippen molar-refractivity contribution in [2.75, 3.05) is 0 Å². The predicted octanol–water partition coefficient (Wildman–Crippen LogP) is 2.96. The molecule has 0 aliphatic heterocycles. The van der Waals surface area contributed by atoms with Crippen LogP contribution in [-0.2, 0) is 0 Å². The van der Waals surface area contributed by atoms with Crippen molar-refractivity contribution < 1.29 is 18.3 Å². The summed E-state index contributed by atoms with van der Waals surface area (Å²) in [6.45, 7) is 3.28. The molecule has 0 rings (SSSR count). The third kappa shape index (κ3) is 4.47. The molecule has 1 N–H and O–H groups in total. The Balaban J connectivity index is 4.36. The fraction of sp³-hybridized carbons (Fsp3) is 0.429. The molecule has 0 aliphatic carbocycles. The normalized spacial score (nSPS) is 13.0. The fourth-order valence-electron chi connectivity index (χ4n) is 0.340. The first kappa shape index (κ1) is 10.1. The van der Waals surface area contributed by atoms with Crippen LogP contribution in [0.1, 0.15) is 13.8 Å². The van der Waals surface area contributed by atoms with E-state index in [1.807, 2.05) is 0 Å². The molecule has 0 atom stereocenters. The number of alkyl halides is 3. The molecule has 0 aliphatic rings. The third-order valence-corrected chi connectivity index (χ3v) is 0.865. The van der Waals surface area contributed by atoms with Crippen molar-refractivity contribution in [1.29, 1.82) is 0 Å². The monoisotopic (exact) mass is 166 g/mol. The van der Waals surface area contributed by atoms with Gasteiger partial charge in [-0.1, -0.05) is 11.6 Å². The molecule has 0 heterocycles. The Morgan fingerprint density at radius 2 is 1.64 bits per heavy atom. The van der Waals surface area contributed by atoms with Crippen LogP contribution in [0.4, 0.5) is 13.2 Å². The van der Waals surface area contributed by atoms with Crippen molar-refractivity contribution in [1.82, 2.24) is 0 Å². The van der Waals surface area contributed by atoms with Crippen LogP contribution in [-0.4, -0.2) is 11.3 Å². The average molecular weight is 166 g/mol. The van der Waals surface area contributed by atoms with Crippen LogP contribution in [0.25, 0.3) is 0 Å². The zero-order chi connectivity index (χ0) is 9.07. The molecule has 0 fully saturated rings. The standard InChI is InChI=1S/C7H9F3O/c1-5(2)3-4-6(11)7(8,9)10/h3-4,11H,1-2H3/b6-4-. The first-order valence-electron chi connectivity index (χ1n) is 2.95. The number of halogens is 3. The van der Waals surface area contributed by atoms with E-state index in [-0.39, 0.29) is 0 Å². The molecule has 0 spiro atoms. The number of hydrogen-bond acceptors (Lipinski definition) is 1. The van der Waals surface area contributed by atoms with Gasteiger partial charge in [0.1, 0.15) is 0 Å². The molecule has 0 aromatic heterocycles. The summed E-state index contributed by atoms with van der Waals surface area (Å²) in [7, 11) is 0. The minimum Gasteiger partial charge on any atom is -0.504 e. The van der Waals surface area contributed by atoms with Gasteiger partial charge in [0.05, 0.1) is 0 Å². The second kappa shape index (κ2) is 3.46. The second-order valence-corrected chi connectivity index (χ2v) is 2.29. The van der Waals surface area contributed by atoms with Crippen LogP contribution >= 0.6 is 0 Å². The van der Waals surface area contributed by atoms with Gasteiger partial charge in [0.25, 0.3) is 0 Å². The Labute approximate surface area is 62.8 Å². The van der Waals surface area contributed by atoms with Crippen LogP contribution in [0.2, 0.25) is 0 Å². The third-order valence-electron chi connectivity index (χ3n) is 0.865. The van der Waals surface area contributed by atoms with Crippen LogP contribution in [0, 0.1) is 0 Å². The minimum absolute atomic E-state index is 0.634. The highest BCUT2D eigenvalue weighted by Crippen LogP contribution is 2.22. The predicted molar refractivity (Wildman–Crippen MR) is 36.2 cm³/mol. The molecule has 0 saturated heterocycles. The van der Waals surface area contributed by atoms with Crippen molar-refractivity contribution in [3.8, 4) is 0 Å². The number of aliphatic hydroxyl groups is 1. The van der Waals surface area contributed by atoms with E-state index in [9.17, 15) is 13.2 Å². The largest absolute Gasteiger partial charge is 0.504 e. The van der Waals surface area contributed by atoms with Crippen molar-refractivity contribution >= 4 is 0 Å². The summed E-state index contributed by atoms with van der Waals surface area (Å²) in [6.07, 6.45) is -2.80. The van der Waals surface area contributed by atoms with E-state index in [1.54, 1.807) is 13.8 Å². The summed E-state index contributed by atoms with van der Waals surface area (Å²) >= 11 is 0. The van der Waals surface area contributed by atoms with Crippen molar-refractivity contribution in [3.63, 3.8) is 0 Å². The van der Waals surface area contributed by atoms with Crippen LogP contribution in [0.3, 0.4) is 0 Å². The second-order valence-electron chi connectivity index (χ2n) is 2.29. The van der Waals surface area contributed by atoms with Gasteiger partial charge in [0.2, 0.25) is 0 Å². The summed E-state index contributed by atoms with van der Waals surface area (Å²) in [5, 5.41) is 8.33. The zero-order valence-electron chi connectivity index (χ0n) is 6.24. The molecular formula is C7H9F3O. The maximum absolute atomic E-state index is 11.6. The molecule has 0 radical (unpaired) electrons. The molecule has 0 bridgehead atoms. The fourth-order valence-corrected chi connectivity index (χ4v) is 0.340. The van der Waals surface area contributed by atoms with Gasteiger partial charge in [0.15, 0.2) is 5.76 Å². The van der Waals surface area contributed by atoms with E-state index in [2.05, 4.69) is 0 Å². The lowest BCUT2D eigenvalue weighted by Crippen LogP contribution is -2.10. The molecule has 4 heteroatoms. The van der Waals surface area contributed by atoms with Crippen molar-refractivity contribution in [2.24, 2.45) is 0 Å². The average Bonchev–Trinajstić information content (AvgIpc) is 1.80. The lowest BCUT2D eigenvalue weighted by atomic mass is 10.3. The summed E-state index contributed by atoms with van der Waals surface area (Å²) in [5.41, 5.74) is 0.695. The molecule has 0 aromatic rings. The van der Waals surface area contributed by atoms with E-state index in [0.717, 1.165) is 0 Å². The SMILES string of the molecule is CC(C)=C/C=C(\O)C(F)(F)F. The summed E-state index contributed by atoms with van der Waals surface area (Å²) in [6, 6.07) is 0. The van der Waals surface area contributed by atoms with Crippen LogP contribution in [0.5, 0.6) is 0 Å². The van der Waals surface area contributed by atoms with Gasteiger partial charge in [-0.15, -0.1) is 0 Å². The van der Waals surface area contributed by atoms with Gasteiger partial charge in [-0.25, -0.2) is 0 Å². The Morgan fingerprint density at radius 1 is 1.18 bits per heavy atom. The highest BCUT2D eigenvalue weighted by molar-refractivity contribution is 5.13. The number of rotatable bonds is 1. The van der Waals surface area contributed by atoms with E-state index >= 15 is 0 Å². The molecule has 1 nitrogen and oxygen atoms in total. The number of hydrogen-bond donors (Lipinski definition) is 1.